The molecule has 1 aromatic heterocycles. The zero-order valence-electron chi connectivity index (χ0n) is 17.6. The van der Waals surface area contributed by atoms with E-state index in [2.05, 4.69) is 30.5 Å². The first-order valence-corrected chi connectivity index (χ1v) is 9.92. The van der Waals surface area contributed by atoms with Crippen LogP contribution in [0.15, 0.2) is 29.3 Å². The summed E-state index contributed by atoms with van der Waals surface area (Å²) in [5.74, 6) is 2.34. The summed E-state index contributed by atoms with van der Waals surface area (Å²) in [4.78, 5) is 15.6. The summed E-state index contributed by atoms with van der Waals surface area (Å²) in [6, 6.07) is 7.34. The number of hydrogen-bond donors (Lipinski definition) is 2. The van der Waals surface area contributed by atoms with Gasteiger partial charge in [-0.2, -0.15) is 4.99 Å². The third-order valence-corrected chi connectivity index (χ3v) is 4.52. The van der Waals surface area contributed by atoms with Gasteiger partial charge in [-0.15, -0.1) is 0 Å². The van der Waals surface area contributed by atoms with Crippen LogP contribution in [0, 0.1) is 13.8 Å². The Morgan fingerprint density at radius 3 is 2.17 bits per heavy atom. The van der Waals surface area contributed by atoms with Crippen LogP contribution in [0.4, 0.5) is 11.6 Å². The molecule has 0 atom stereocenters. The lowest BCUT2D eigenvalue weighted by atomic mass is 10.3. The van der Waals surface area contributed by atoms with Gasteiger partial charge in [-0.1, -0.05) is 0 Å². The smallest absolute Gasteiger partial charge is 0.229 e. The highest BCUT2D eigenvalue weighted by atomic mass is 32.1. The average molecular weight is 431 g/mol. The fourth-order valence-corrected chi connectivity index (χ4v) is 3.17. The van der Waals surface area contributed by atoms with E-state index in [1.807, 2.05) is 32.0 Å². The summed E-state index contributed by atoms with van der Waals surface area (Å²) in [6.07, 6.45) is 0. The Balaban J connectivity index is 1.83. The molecular formula is C20H26N6O3S. The second-order valence-electron chi connectivity index (χ2n) is 6.67. The van der Waals surface area contributed by atoms with Crippen LogP contribution in [-0.4, -0.2) is 66.5 Å². The van der Waals surface area contributed by atoms with Crippen LogP contribution >= 0.6 is 12.2 Å². The van der Waals surface area contributed by atoms with Crippen LogP contribution < -0.4 is 20.1 Å². The lowest BCUT2D eigenvalue weighted by Crippen LogP contribution is -2.45. The van der Waals surface area contributed by atoms with Crippen LogP contribution in [0.3, 0.4) is 0 Å². The van der Waals surface area contributed by atoms with Crippen molar-refractivity contribution in [2.75, 3.05) is 51.2 Å². The maximum atomic E-state index is 5.49. The molecule has 0 aliphatic carbocycles. The summed E-state index contributed by atoms with van der Waals surface area (Å²) in [7, 11) is 3.19. The van der Waals surface area contributed by atoms with Gasteiger partial charge < -0.3 is 24.4 Å². The van der Waals surface area contributed by atoms with Crippen molar-refractivity contribution in [1.82, 2.24) is 14.9 Å². The topological polar surface area (TPSA) is 93.1 Å². The van der Waals surface area contributed by atoms with Gasteiger partial charge in [-0.25, -0.2) is 9.97 Å². The van der Waals surface area contributed by atoms with E-state index in [4.69, 9.17) is 26.4 Å². The van der Waals surface area contributed by atoms with E-state index < -0.39 is 0 Å². The summed E-state index contributed by atoms with van der Waals surface area (Å²) < 4.78 is 16.1. The third-order valence-electron chi connectivity index (χ3n) is 4.33. The van der Waals surface area contributed by atoms with Gasteiger partial charge in [-0.3, -0.25) is 5.32 Å². The second-order valence-corrected chi connectivity index (χ2v) is 7.05. The molecule has 0 unspecified atom stereocenters. The Morgan fingerprint density at radius 2 is 1.60 bits per heavy atom. The van der Waals surface area contributed by atoms with Crippen LogP contribution in [0.25, 0.3) is 0 Å². The van der Waals surface area contributed by atoms with E-state index >= 15 is 0 Å². The van der Waals surface area contributed by atoms with Gasteiger partial charge in [0.05, 0.1) is 27.4 Å². The molecule has 3 rings (SSSR count). The number of benzene rings is 1. The number of rotatable bonds is 4. The molecule has 1 fully saturated rings. The molecule has 2 aromatic rings. The Bertz CT molecular complexity index is 888. The number of ether oxygens (including phenoxy) is 3. The van der Waals surface area contributed by atoms with E-state index in [-0.39, 0.29) is 5.11 Å². The van der Waals surface area contributed by atoms with Crippen molar-refractivity contribution < 1.29 is 14.2 Å². The van der Waals surface area contributed by atoms with E-state index in [0.717, 1.165) is 11.4 Å². The van der Waals surface area contributed by atoms with Crippen molar-refractivity contribution in [3.05, 3.63) is 35.7 Å². The molecule has 30 heavy (non-hydrogen) atoms. The van der Waals surface area contributed by atoms with Crippen LogP contribution in [0.5, 0.6) is 11.5 Å². The van der Waals surface area contributed by atoms with Gasteiger partial charge in [0.15, 0.2) is 0 Å². The number of aryl methyl sites for hydroxylation is 2. The van der Waals surface area contributed by atoms with E-state index in [1.54, 1.807) is 20.3 Å². The van der Waals surface area contributed by atoms with Gasteiger partial charge in [0, 0.05) is 48.4 Å². The number of aliphatic imine (C=N–C) groups is 1. The molecule has 0 amide bonds. The normalized spacial score (nSPS) is 14.3. The van der Waals surface area contributed by atoms with Gasteiger partial charge in [0.1, 0.15) is 11.5 Å². The molecule has 10 heteroatoms. The quantitative estimate of drug-likeness (QED) is 0.431. The highest BCUT2D eigenvalue weighted by molar-refractivity contribution is 7.80. The minimum absolute atomic E-state index is 0.281. The van der Waals surface area contributed by atoms with Crippen molar-refractivity contribution in [3.63, 3.8) is 0 Å². The molecule has 9 nitrogen and oxygen atoms in total. The summed E-state index contributed by atoms with van der Waals surface area (Å²) in [5, 5.41) is 6.61. The maximum Gasteiger partial charge on any atom is 0.229 e. The number of anilines is 2. The first-order valence-electron chi connectivity index (χ1n) is 9.51. The molecule has 2 N–H and O–H groups in total. The molecule has 0 bridgehead atoms. The van der Waals surface area contributed by atoms with Gasteiger partial charge in [0.2, 0.25) is 17.0 Å². The highest BCUT2D eigenvalue weighted by Crippen LogP contribution is 2.25. The molecule has 0 saturated carbocycles. The van der Waals surface area contributed by atoms with E-state index in [9.17, 15) is 0 Å². The predicted octanol–water partition coefficient (Wildman–Crippen LogP) is 2.61. The highest BCUT2D eigenvalue weighted by Gasteiger charge is 2.17. The number of nitrogens with one attached hydrogen (secondary N) is 2. The monoisotopic (exact) mass is 430 g/mol. The third kappa shape index (κ3) is 6.01. The number of aromatic nitrogens is 2. The second kappa shape index (κ2) is 10.2. The molecule has 0 radical (unpaired) electrons. The van der Waals surface area contributed by atoms with Crippen LogP contribution in [0.2, 0.25) is 0 Å². The largest absolute Gasteiger partial charge is 0.497 e. The maximum absolute atomic E-state index is 5.49. The Kier molecular flexibility index (Phi) is 7.36. The fraction of sp³-hybridized carbons (Fsp3) is 0.400. The minimum atomic E-state index is 0.281. The minimum Gasteiger partial charge on any atom is -0.497 e. The van der Waals surface area contributed by atoms with Gasteiger partial charge in [-0.05, 0) is 32.1 Å². The van der Waals surface area contributed by atoms with E-state index in [0.29, 0.717) is 55.4 Å². The summed E-state index contributed by atoms with van der Waals surface area (Å²) in [5.41, 5.74) is 2.45. The standard InChI is InChI=1S/C20H26N6O3S/c1-13-9-14(2)22-18(21-13)24-19(26-5-7-29-8-6-26)25-20(30)23-15-10-16(27-3)12-17(11-15)28-4/h9-12H,5-8H2,1-4H3,(H2,21,22,23,24,25,30). The predicted molar refractivity (Wildman–Crippen MR) is 121 cm³/mol. The number of guanidine groups is 1. The number of nitrogens with zero attached hydrogens (tertiary/aromatic N) is 4. The molecule has 1 aliphatic rings. The molecule has 1 aliphatic heterocycles. The Morgan fingerprint density at radius 1 is 1.00 bits per heavy atom. The van der Waals surface area contributed by atoms with Gasteiger partial charge >= 0.3 is 0 Å². The zero-order valence-corrected chi connectivity index (χ0v) is 18.4. The van der Waals surface area contributed by atoms with Crippen molar-refractivity contribution in [1.29, 1.82) is 0 Å². The first kappa shape index (κ1) is 21.7. The summed E-state index contributed by atoms with van der Waals surface area (Å²) >= 11 is 5.49. The fourth-order valence-electron chi connectivity index (χ4n) is 2.96. The molecular weight excluding hydrogens is 404 g/mol. The zero-order chi connectivity index (χ0) is 21.5. The Hall–Kier alpha value is -2.98. The van der Waals surface area contributed by atoms with Gasteiger partial charge in [0.25, 0.3) is 0 Å². The molecule has 1 saturated heterocycles. The molecule has 2 heterocycles. The Labute approximate surface area is 181 Å². The number of hydrogen-bond acceptors (Lipinski definition) is 6. The lowest BCUT2D eigenvalue weighted by molar-refractivity contribution is 0.0680. The molecule has 0 spiro atoms. The summed E-state index contributed by atoms with van der Waals surface area (Å²) in [6.45, 7) is 6.45. The number of morpholine rings is 1. The molecule has 1 aromatic carbocycles. The van der Waals surface area contributed by atoms with Crippen molar-refractivity contribution in [2.24, 2.45) is 4.99 Å². The molecule has 160 valence electrons. The van der Waals surface area contributed by atoms with Crippen molar-refractivity contribution in [3.8, 4) is 11.5 Å². The van der Waals surface area contributed by atoms with Crippen LogP contribution in [0.1, 0.15) is 11.4 Å². The number of methoxy groups -OCH3 is 2. The first-order chi connectivity index (χ1) is 14.5. The van der Waals surface area contributed by atoms with Crippen molar-refractivity contribution in [2.45, 2.75) is 13.8 Å². The van der Waals surface area contributed by atoms with Crippen molar-refractivity contribution >= 4 is 34.9 Å². The van der Waals surface area contributed by atoms with Crippen LogP contribution in [-0.2, 0) is 4.74 Å². The lowest BCUT2D eigenvalue weighted by Gasteiger charge is -2.29. The average Bonchev–Trinajstić information content (AvgIpc) is 2.72. The van der Waals surface area contributed by atoms with E-state index in [1.165, 1.54) is 0 Å². The number of thiocarbonyl (C=S) groups is 1. The SMILES string of the molecule is COc1cc(NC(=S)/N=C(/Nc2nc(C)cc(C)n2)N2CCOCC2)cc(OC)c1.